The van der Waals surface area contributed by atoms with Crippen LogP contribution in [-0.2, 0) is 9.84 Å². The van der Waals surface area contributed by atoms with Gasteiger partial charge in [0.15, 0.2) is 0 Å². The standard InChI is InChI=1S/C7H15NO3S/c1-12(10,11)3-2-8-6-4-7(9)5-6/h6-9H,2-5H2,1H3. The van der Waals surface area contributed by atoms with E-state index in [1.54, 1.807) is 0 Å². The van der Waals surface area contributed by atoms with Crippen molar-refractivity contribution in [3.63, 3.8) is 0 Å². The first-order chi connectivity index (χ1) is 5.47. The number of hydrogen-bond acceptors (Lipinski definition) is 4. The van der Waals surface area contributed by atoms with Crippen LogP contribution in [0.25, 0.3) is 0 Å². The fraction of sp³-hybridized carbons (Fsp3) is 1.00. The summed E-state index contributed by atoms with van der Waals surface area (Å²) in [5.41, 5.74) is 0. The van der Waals surface area contributed by atoms with Crippen molar-refractivity contribution in [2.45, 2.75) is 25.0 Å². The molecule has 1 rings (SSSR count). The summed E-state index contributed by atoms with van der Waals surface area (Å²) in [5, 5.41) is 12.0. The second-order valence-corrected chi connectivity index (χ2v) is 5.67. The van der Waals surface area contributed by atoms with Gasteiger partial charge in [-0.3, -0.25) is 0 Å². The minimum absolute atomic E-state index is 0.180. The van der Waals surface area contributed by atoms with E-state index in [0.29, 0.717) is 12.6 Å². The Morgan fingerprint density at radius 1 is 1.50 bits per heavy atom. The molecule has 1 aliphatic carbocycles. The minimum Gasteiger partial charge on any atom is -0.393 e. The molecule has 0 radical (unpaired) electrons. The van der Waals surface area contributed by atoms with Crippen molar-refractivity contribution in [3.05, 3.63) is 0 Å². The summed E-state index contributed by atoms with van der Waals surface area (Å²) in [6.07, 6.45) is 2.55. The zero-order valence-electron chi connectivity index (χ0n) is 7.16. The smallest absolute Gasteiger partial charge is 0.148 e. The van der Waals surface area contributed by atoms with Crippen LogP contribution >= 0.6 is 0 Å². The number of hydrogen-bond donors (Lipinski definition) is 2. The van der Waals surface area contributed by atoms with Gasteiger partial charge in [-0.2, -0.15) is 0 Å². The maximum absolute atomic E-state index is 10.7. The van der Waals surface area contributed by atoms with Gasteiger partial charge in [0.2, 0.25) is 0 Å². The Bertz CT molecular complexity index is 231. The third-order valence-electron chi connectivity index (χ3n) is 2.02. The number of aliphatic hydroxyl groups excluding tert-OH is 1. The minimum atomic E-state index is -2.84. The van der Waals surface area contributed by atoms with Gasteiger partial charge < -0.3 is 10.4 Å². The summed E-state index contributed by atoms with van der Waals surface area (Å²) in [6, 6.07) is 0.321. The Kier molecular flexibility index (Phi) is 3.09. The lowest BCUT2D eigenvalue weighted by Gasteiger charge is -2.32. The lowest BCUT2D eigenvalue weighted by Crippen LogP contribution is -2.45. The molecule has 2 N–H and O–H groups in total. The van der Waals surface area contributed by atoms with Gasteiger partial charge in [0.1, 0.15) is 9.84 Å². The van der Waals surface area contributed by atoms with Crippen LogP contribution in [0.1, 0.15) is 12.8 Å². The first-order valence-corrected chi connectivity index (χ1v) is 6.12. The van der Waals surface area contributed by atoms with Crippen LogP contribution in [0, 0.1) is 0 Å². The molecule has 0 unspecified atom stereocenters. The molecular weight excluding hydrogens is 178 g/mol. The Morgan fingerprint density at radius 3 is 2.50 bits per heavy atom. The molecule has 0 aromatic rings. The predicted octanol–water partition coefficient (Wildman–Crippen LogP) is -0.856. The third kappa shape index (κ3) is 3.51. The molecule has 72 valence electrons. The van der Waals surface area contributed by atoms with Gasteiger partial charge >= 0.3 is 0 Å². The summed E-state index contributed by atoms with van der Waals surface area (Å²) in [7, 11) is -2.84. The van der Waals surface area contributed by atoms with Crippen LogP contribution in [0.2, 0.25) is 0 Å². The van der Waals surface area contributed by atoms with Gasteiger partial charge in [0, 0.05) is 18.8 Å². The highest BCUT2D eigenvalue weighted by molar-refractivity contribution is 7.90. The summed E-state index contributed by atoms with van der Waals surface area (Å²) < 4.78 is 21.4. The Labute approximate surface area is 72.9 Å². The van der Waals surface area contributed by atoms with Crippen molar-refractivity contribution in [2.75, 3.05) is 18.6 Å². The molecule has 0 saturated heterocycles. The van der Waals surface area contributed by atoms with E-state index in [9.17, 15) is 8.42 Å². The van der Waals surface area contributed by atoms with E-state index in [4.69, 9.17) is 5.11 Å². The Balaban J connectivity index is 2.04. The van der Waals surface area contributed by atoms with Gasteiger partial charge in [-0.25, -0.2) is 8.42 Å². The monoisotopic (exact) mass is 193 g/mol. The summed E-state index contributed by atoms with van der Waals surface area (Å²) >= 11 is 0. The first-order valence-electron chi connectivity index (χ1n) is 4.06. The summed E-state index contributed by atoms with van der Waals surface area (Å²) in [5.74, 6) is 0.180. The molecule has 0 heterocycles. The molecule has 0 aromatic heterocycles. The van der Waals surface area contributed by atoms with Crippen LogP contribution in [0.4, 0.5) is 0 Å². The van der Waals surface area contributed by atoms with E-state index in [-0.39, 0.29) is 11.9 Å². The Hall–Kier alpha value is -0.130. The van der Waals surface area contributed by atoms with E-state index in [1.807, 2.05) is 0 Å². The number of nitrogens with one attached hydrogen (secondary N) is 1. The maximum Gasteiger partial charge on any atom is 0.148 e. The Morgan fingerprint density at radius 2 is 2.08 bits per heavy atom. The van der Waals surface area contributed by atoms with E-state index >= 15 is 0 Å². The molecular formula is C7H15NO3S. The normalized spacial score (nSPS) is 29.8. The number of sulfone groups is 1. The molecule has 1 saturated carbocycles. The molecule has 4 nitrogen and oxygen atoms in total. The summed E-state index contributed by atoms with van der Waals surface area (Å²) in [4.78, 5) is 0. The van der Waals surface area contributed by atoms with Crippen LogP contribution in [0.15, 0.2) is 0 Å². The molecule has 12 heavy (non-hydrogen) atoms. The lowest BCUT2D eigenvalue weighted by molar-refractivity contribution is 0.0635. The number of aliphatic hydroxyl groups is 1. The average Bonchev–Trinajstić information content (AvgIpc) is 1.81. The van der Waals surface area contributed by atoms with Crippen molar-refractivity contribution in [2.24, 2.45) is 0 Å². The van der Waals surface area contributed by atoms with E-state index < -0.39 is 9.84 Å². The highest BCUT2D eigenvalue weighted by atomic mass is 32.2. The van der Waals surface area contributed by atoms with Crippen molar-refractivity contribution in [3.8, 4) is 0 Å². The van der Waals surface area contributed by atoms with Gasteiger partial charge in [-0.05, 0) is 12.8 Å². The van der Waals surface area contributed by atoms with E-state index in [2.05, 4.69) is 5.32 Å². The van der Waals surface area contributed by atoms with Crippen LogP contribution < -0.4 is 5.32 Å². The van der Waals surface area contributed by atoms with Gasteiger partial charge in [-0.15, -0.1) is 0 Å². The molecule has 0 aromatic carbocycles. The van der Waals surface area contributed by atoms with Crippen LogP contribution in [0.3, 0.4) is 0 Å². The molecule has 0 amide bonds. The molecule has 0 spiro atoms. The summed E-state index contributed by atoms with van der Waals surface area (Å²) in [6.45, 7) is 0.496. The molecule has 1 aliphatic rings. The highest BCUT2D eigenvalue weighted by Crippen LogP contribution is 2.18. The molecule has 5 heteroatoms. The zero-order valence-corrected chi connectivity index (χ0v) is 7.97. The van der Waals surface area contributed by atoms with Crippen molar-refractivity contribution in [1.29, 1.82) is 0 Å². The van der Waals surface area contributed by atoms with Crippen molar-refractivity contribution in [1.82, 2.24) is 5.32 Å². The third-order valence-corrected chi connectivity index (χ3v) is 2.96. The molecule has 1 fully saturated rings. The average molecular weight is 193 g/mol. The highest BCUT2D eigenvalue weighted by Gasteiger charge is 2.26. The van der Waals surface area contributed by atoms with Crippen molar-refractivity contribution < 1.29 is 13.5 Å². The van der Waals surface area contributed by atoms with Gasteiger partial charge in [-0.1, -0.05) is 0 Å². The second kappa shape index (κ2) is 3.72. The number of rotatable bonds is 4. The fourth-order valence-electron chi connectivity index (χ4n) is 1.20. The van der Waals surface area contributed by atoms with Gasteiger partial charge in [0.05, 0.1) is 11.9 Å². The predicted molar refractivity (Wildman–Crippen MR) is 46.7 cm³/mol. The largest absolute Gasteiger partial charge is 0.393 e. The fourth-order valence-corrected chi connectivity index (χ4v) is 1.69. The molecule has 0 aliphatic heterocycles. The SMILES string of the molecule is CS(=O)(=O)CCNC1CC(O)C1. The topological polar surface area (TPSA) is 66.4 Å². The molecule has 0 bridgehead atoms. The zero-order chi connectivity index (χ0) is 9.19. The first kappa shape index (κ1) is 9.95. The van der Waals surface area contributed by atoms with Crippen LogP contribution in [0.5, 0.6) is 0 Å². The quantitative estimate of drug-likeness (QED) is 0.610. The van der Waals surface area contributed by atoms with Crippen LogP contribution in [-0.4, -0.2) is 44.2 Å². The van der Waals surface area contributed by atoms with Gasteiger partial charge in [0.25, 0.3) is 0 Å². The molecule has 0 atom stereocenters. The van der Waals surface area contributed by atoms with Crippen molar-refractivity contribution >= 4 is 9.84 Å². The lowest BCUT2D eigenvalue weighted by atomic mass is 9.90. The second-order valence-electron chi connectivity index (χ2n) is 3.41. The maximum atomic E-state index is 10.7. The van der Waals surface area contributed by atoms with E-state index in [1.165, 1.54) is 6.26 Å². The van der Waals surface area contributed by atoms with E-state index in [0.717, 1.165) is 12.8 Å².